The molecule has 0 spiro atoms. The first-order valence-electron chi connectivity index (χ1n) is 7.41. The second-order valence-electron chi connectivity index (χ2n) is 5.28. The fourth-order valence-corrected chi connectivity index (χ4v) is 2.51. The minimum absolute atomic E-state index is 0.126. The summed E-state index contributed by atoms with van der Waals surface area (Å²) in [5, 5.41) is 7.55. The van der Waals surface area contributed by atoms with Crippen molar-refractivity contribution >= 4 is 34.8 Å². The molecule has 0 bridgehead atoms. The maximum absolute atomic E-state index is 12.4. The molecular weight excluding hydrogens is 361 g/mol. The molecule has 25 heavy (non-hydrogen) atoms. The van der Waals surface area contributed by atoms with E-state index in [4.69, 9.17) is 23.2 Å². The van der Waals surface area contributed by atoms with Crippen molar-refractivity contribution < 1.29 is 4.79 Å². The lowest BCUT2D eigenvalue weighted by Gasteiger charge is -2.08. The van der Waals surface area contributed by atoms with Gasteiger partial charge in [0.1, 0.15) is 5.69 Å². The van der Waals surface area contributed by atoms with Gasteiger partial charge in [0.25, 0.3) is 11.5 Å². The first-order valence-corrected chi connectivity index (χ1v) is 8.17. The van der Waals surface area contributed by atoms with E-state index >= 15 is 0 Å². The highest BCUT2D eigenvalue weighted by Gasteiger charge is 2.11. The van der Waals surface area contributed by atoms with Crippen LogP contribution in [0, 0.1) is 0 Å². The van der Waals surface area contributed by atoms with Crippen LogP contribution >= 0.6 is 23.2 Å². The maximum atomic E-state index is 12.4. The van der Waals surface area contributed by atoms with Crippen molar-refractivity contribution in [3.05, 3.63) is 92.3 Å². The summed E-state index contributed by atoms with van der Waals surface area (Å²) in [7, 11) is 0. The molecule has 7 heteroatoms. The predicted octanol–water partition coefficient (Wildman–Crippen LogP) is 3.85. The Balaban J connectivity index is 1.82. The summed E-state index contributed by atoms with van der Waals surface area (Å²) < 4.78 is 1.25. The normalized spacial score (nSPS) is 10.5. The molecule has 1 aromatic heterocycles. The van der Waals surface area contributed by atoms with E-state index in [1.54, 1.807) is 18.2 Å². The summed E-state index contributed by atoms with van der Waals surface area (Å²) in [5.41, 5.74) is 1.25. The van der Waals surface area contributed by atoms with E-state index < -0.39 is 5.91 Å². The Morgan fingerprint density at radius 2 is 1.76 bits per heavy atom. The van der Waals surface area contributed by atoms with Gasteiger partial charge in [0, 0.05) is 11.8 Å². The number of rotatable bonds is 4. The summed E-state index contributed by atoms with van der Waals surface area (Å²) in [5.74, 6) is -0.444. The number of nitrogens with one attached hydrogen (secondary N) is 1. The smallest absolute Gasteiger partial charge is 0.276 e. The number of hydrogen-bond acceptors (Lipinski definition) is 3. The second kappa shape index (κ2) is 7.51. The summed E-state index contributed by atoms with van der Waals surface area (Å²) in [4.78, 5) is 24.3. The third kappa shape index (κ3) is 4.26. The van der Waals surface area contributed by atoms with Crippen LogP contribution in [0.3, 0.4) is 0 Å². The van der Waals surface area contributed by atoms with E-state index in [1.807, 2.05) is 30.3 Å². The van der Waals surface area contributed by atoms with Gasteiger partial charge < -0.3 is 5.32 Å². The van der Waals surface area contributed by atoms with E-state index in [0.29, 0.717) is 15.7 Å². The quantitative estimate of drug-likeness (QED) is 0.755. The highest BCUT2D eigenvalue weighted by atomic mass is 35.5. The molecule has 1 heterocycles. The molecule has 0 radical (unpaired) electrons. The van der Waals surface area contributed by atoms with Crippen molar-refractivity contribution in [3.8, 4) is 0 Å². The average Bonchev–Trinajstić information content (AvgIpc) is 2.61. The summed E-state index contributed by atoms with van der Waals surface area (Å²) in [6.45, 7) is 0.285. The predicted molar refractivity (Wildman–Crippen MR) is 98.5 cm³/mol. The van der Waals surface area contributed by atoms with Gasteiger partial charge in [0.15, 0.2) is 0 Å². The number of halogens is 2. The van der Waals surface area contributed by atoms with Gasteiger partial charge in [-0.3, -0.25) is 9.59 Å². The minimum atomic E-state index is -0.444. The third-order valence-electron chi connectivity index (χ3n) is 3.45. The van der Waals surface area contributed by atoms with Crippen LogP contribution in [0.1, 0.15) is 16.1 Å². The topological polar surface area (TPSA) is 64.0 Å². The molecule has 0 aliphatic carbocycles. The number of nitrogens with zero attached hydrogens (tertiary/aromatic N) is 2. The van der Waals surface area contributed by atoms with Crippen LogP contribution in [0.2, 0.25) is 10.0 Å². The van der Waals surface area contributed by atoms with Gasteiger partial charge in [-0.2, -0.15) is 5.10 Å². The summed E-state index contributed by atoms with van der Waals surface area (Å²) in [6, 6.07) is 16.9. The molecule has 0 saturated heterocycles. The van der Waals surface area contributed by atoms with Crippen LogP contribution in [-0.4, -0.2) is 15.7 Å². The SMILES string of the molecule is O=C(Nc1ccc(Cl)c(Cl)c1)c1ccc(=O)n(Cc2ccccc2)n1. The molecule has 0 atom stereocenters. The fourth-order valence-electron chi connectivity index (χ4n) is 2.21. The van der Waals surface area contributed by atoms with Crippen molar-refractivity contribution in [1.82, 2.24) is 9.78 Å². The Morgan fingerprint density at radius 3 is 2.48 bits per heavy atom. The molecule has 2 aromatic carbocycles. The van der Waals surface area contributed by atoms with Gasteiger partial charge in [0.2, 0.25) is 0 Å². The van der Waals surface area contributed by atoms with Gasteiger partial charge in [-0.1, -0.05) is 53.5 Å². The number of amides is 1. The molecule has 3 rings (SSSR count). The Kier molecular flexibility index (Phi) is 5.16. The Morgan fingerprint density at radius 1 is 1.00 bits per heavy atom. The molecule has 126 valence electrons. The minimum Gasteiger partial charge on any atom is -0.321 e. The van der Waals surface area contributed by atoms with Crippen LogP contribution in [0.5, 0.6) is 0 Å². The highest BCUT2D eigenvalue weighted by molar-refractivity contribution is 6.42. The van der Waals surface area contributed by atoms with Gasteiger partial charge in [-0.25, -0.2) is 4.68 Å². The summed E-state index contributed by atoms with van der Waals surface area (Å²) >= 11 is 11.8. The molecule has 0 aliphatic rings. The van der Waals surface area contributed by atoms with E-state index in [-0.39, 0.29) is 17.8 Å². The van der Waals surface area contributed by atoms with Crippen LogP contribution in [-0.2, 0) is 6.54 Å². The molecule has 5 nitrogen and oxygen atoms in total. The van der Waals surface area contributed by atoms with Crippen LogP contribution in [0.15, 0.2) is 65.5 Å². The monoisotopic (exact) mass is 373 g/mol. The molecule has 3 aromatic rings. The van der Waals surface area contributed by atoms with Crippen LogP contribution in [0.4, 0.5) is 5.69 Å². The average molecular weight is 374 g/mol. The zero-order valence-corrected chi connectivity index (χ0v) is 14.5. The van der Waals surface area contributed by atoms with Crippen LogP contribution < -0.4 is 10.9 Å². The highest BCUT2D eigenvalue weighted by Crippen LogP contribution is 2.25. The maximum Gasteiger partial charge on any atom is 0.276 e. The largest absolute Gasteiger partial charge is 0.321 e. The lowest BCUT2D eigenvalue weighted by atomic mass is 10.2. The Labute approximate surface area is 153 Å². The fraction of sp³-hybridized carbons (Fsp3) is 0.0556. The Bertz CT molecular complexity index is 972. The standard InChI is InChI=1S/C18H13Cl2N3O2/c19-14-7-6-13(10-15(14)20)21-18(25)16-8-9-17(24)23(22-16)11-12-4-2-1-3-5-12/h1-10H,11H2,(H,21,25). The molecule has 0 fully saturated rings. The third-order valence-corrected chi connectivity index (χ3v) is 4.19. The summed E-state index contributed by atoms with van der Waals surface area (Å²) in [6.07, 6.45) is 0. The van der Waals surface area contributed by atoms with Crippen molar-refractivity contribution in [2.24, 2.45) is 0 Å². The number of anilines is 1. The van der Waals surface area contributed by atoms with E-state index in [2.05, 4.69) is 10.4 Å². The first-order chi connectivity index (χ1) is 12.0. The van der Waals surface area contributed by atoms with E-state index in [1.165, 1.54) is 16.8 Å². The number of carbonyl (C=O) groups is 1. The van der Waals surface area contributed by atoms with Gasteiger partial charge in [-0.05, 0) is 29.8 Å². The zero-order chi connectivity index (χ0) is 17.8. The Hall–Kier alpha value is -2.63. The van der Waals surface area contributed by atoms with E-state index in [9.17, 15) is 9.59 Å². The van der Waals surface area contributed by atoms with E-state index in [0.717, 1.165) is 5.56 Å². The molecule has 1 amide bonds. The van der Waals surface area contributed by atoms with Crippen molar-refractivity contribution in [3.63, 3.8) is 0 Å². The first kappa shape index (κ1) is 17.2. The van der Waals surface area contributed by atoms with Crippen LogP contribution in [0.25, 0.3) is 0 Å². The molecule has 0 aliphatic heterocycles. The molecular formula is C18H13Cl2N3O2. The number of aromatic nitrogens is 2. The molecule has 0 unspecified atom stereocenters. The number of hydrogen-bond donors (Lipinski definition) is 1. The number of benzene rings is 2. The number of carbonyl (C=O) groups excluding carboxylic acids is 1. The lowest BCUT2D eigenvalue weighted by molar-refractivity contribution is 0.102. The molecule has 1 N–H and O–H groups in total. The van der Waals surface area contributed by atoms with Gasteiger partial charge in [-0.15, -0.1) is 0 Å². The zero-order valence-electron chi connectivity index (χ0n) is 12.9. The second-order valence-corrected chi connectivity index (χ2v) is 6.10. The van der Waals surface area contributed by atoms with Gasteiger partial charge >= 0.3 is 0 Å². The van der Waals surface area contributed by atoms with Gasteiger partial charge in [0.05, 0.1) is 16.6 Å². The van der Waals surface area contributed by atoms with Crippen molar-refractivity contribution in [1.29, 1.82) is 0 Å². The lowest BCUT2D eigenvalue weighted by Crippen LogP contribution is -2.26. The van der Waals surface area contributed by atoms with Crippen molar-refractivity contribution in [2.45, 2.75) is 6.54 Å². The molecule has 0 saturated carbocycles. The van der Waals surface area contributed by atoms with Crippen molar-refractivity contribution in [2.75, 3.05) is 5.32 Å².